The Kier molecular flexibility index (Phi) is 7.41. The average Bonchev–Trinajstić information content (AvgIpc) is 2.98. The Labute approximate surface area is 251 Å². The second-order valence-electron chi connectivity index (χ2n) is 12.5. The molecule has 0 aromatic heterocycles. The molecule has 0 nitrogen and oxygen atoms in total. The largest absolute Gasteiger partial charge is 0.146 e. The Bertz CT molecular complexity index is 1950. The van der Waals surface area contributed by atoms with E-state index in [4.69, 9.17) is 0 Å². The highest BCUT2D eigenvalue weighted by atomic mass is 28.3. The summed E-state index contributed by atoms with van der Waals surface area (Å²) in [5, 5.41) is 9.65. The third kappa shape index (κ3) is 4.79. The third-order valence-corrected chi connectivity index (χ3v) is 15.5. The fourth-order valence-electron chi connectivity index (χ4n) is 7.13. The van der Waals surface area contributed by atoms with E-state index in [0.717, 1.165) is 16.7 Å². The van der Waals surface area contributed by atoms with Crippen LogP contribution >= 0.6 is 0 Å². The van der Waals surface area contributed by atoms with E-state index in [-0.39, 0.29) is 0 Å². The van der Waals surface area contributed by atoms with Gasteiger partial charge in [-0.2, -0.15) is 0 Å². The fourth-order valence-corrected chi connectivity index (χ4v) is 12.3. The lowest BCUT2D eigenvalue weighted by atomic mass is 9.89. The molecule has 0 aliphatic carbocycles. The summed E-state index contributed by atoms with van der Waals surface area (Å²) in [6.07, 6.45) is 0. The lowest BCUT2D eigenvalue weighted by Gasteiger charge is -2.38. The first-order valence-corrected chi connectivity index (χ1v) is 17.4. The third-order valence-electron chi connectivity index (χ3n) is 9.22. The molecule has 0 saturated heterocycles. The summed E-state index contributed by atoms with van der Waals surface area (Å²) >= 11 is 0. The minimum Gasteiger partial charge on any atom is -0.125 e. The molecule has 0 radical (unpaired) electrons. The standard InChI is InChI=1S/C41H38Si/c1-28(2)42(29(3)4,30(5)6)23-22-37-40-26-34-18-12-10-16-32(34)24-38(40)36(21-20-31-14-8-7-9-15-31)39-25-33-17-11-13-19-35(33)27-41(37)39/h7-19,24-30H,1-6H3. The first-order chi connectivity index (χ1) is 20.3. The van der Waals surface area contributed by atoms with Crippen molar-refractivity contribution < 1.29 is 0 Å². The minimum atomic E-state index is -1.95. The van der Waals surface area contributed by atoms with Gasteiger partial charge >= 0.3 is 0 Å². The number of fused-ring (bicyclic) bond motifs is 4. The van der Waals surface area contributed by atoms with Crippen molar-refractivity contribution in [2.24, 2.45) is 0 Å². The van der Waals surface area contributed by atoms with Crippen LogP contribution in [0.15, 0.2) is 103 Å². The van der Waals surface area contributed by atoms with Crippen molar-refractivity contribution in [2.75, 3.05) is 0 Å². The van der Waals surface area contributed by atoms with Crippen molar-refractivity contribution in [1.29, 1.82) is 0 Å². The maximum atomic E-state index is 4.06. The van der Waals surface area contributed by atoms with E-state index in [2.05, 4.69) is 150 Å². The minimum absolute atomic E-state index is 0.570. The van der Waals surface area contributed by atoms with Gasteiger partial charge in [-0.05, 0) is 96.1 Å². The summed E-state index contributed by atoms with van der Waals surface area (Å²) in [4.78, 5) is 0. The van der Waals surface area contributed by atoms with E-state index in [1.165, 1.54) is 43.1 Å². The summed E-state index contributed by atoms with van der Waals surface area (Å²) in [6.45, 7) is 14.3. The van der Waals surface area contributed by atoms with Crippen LogP contribution in [0, 0.1) is 23.3 Å². The second-order valence-corrected chi connectivity index (χ2v) is 18.1. The van der Waals surface area contributed by atoms with Crippen LogP contribution in [0.4, 0.5) is 0 Å². The van der Waals surface area contributed by atoms with Crippen LogP contribution in [0.5, 0.6) is 0 Å². The van der Waals surface area contributed by atoms with Gasteiger partial charge in [0.25, 0.3) is 0 Å². The van der Waals surface area contributed by atoms with E-state index in [1.54, 1.807) is 0 Å². The van der Waals surface area contributed by atoms with Gasteiger partial charge in [0.1, 0.15) is 8.07 Å². The van der Waals surface area contributed by atoms with Crippen LogP contribution in [0.1, 0.15) is 58.2 Å². The molecule has 0 bridgehead atoms. The molecule has 0 atom stereocenters. The molecular weight excluding hydrogens is 521 g/mol. The quantitative estimate of drug-likeness (QED) is 0.115. The molecule has 0 spiro atoms. The van der Waals surface area contributed by atoms with Crippen LogP contribution in [0.2, 0.25) is 16.6 Å². The van der Waals surface area contributed by atoms with E-state index in [1.807, 2.05) is 18.2 Å². The smallest absolute Gasteiger partial charge is 0.125 e. The van der Waals surface area contributed by atoms with Crippen molar-refractivity contribution in [3.8, 4) is 23.3 Å². The lowest BCUT2D eigenvalue weighted by molar-refractivity contribution is 0.838. The molecule has 0 amide bonds. The highest BCUT2D eigenvalue weighted by Gasteiger charge is 2.41. The maximum Gasteiger partial charge on any atom is 0.146 e. The highest BCUT2D eigenvalue weighted by Crippen LogP contribution is 2.42. The molecule has 6 aromatic rings. The van der Waals surface area contributed by atoms with E-state index < -0.39 is 8.07 Å². The molecule has 0 N–H and O–H groups in total. The van der Waals surface area contributed by atoms with Gasteiger partial charge in [0.2, 0.25) is 0 Å². The maximum absolute atomic E-state index is 4.06. The fraction of sp³-hybridized carbons (Fsp3) is 0.220. The molecule has 6 aromatic carbocycles. The van der Waals surface area contributed by atoms with Crippen LogP contribution < -0.4 is 0 Å². The molecule has 6 rings (SSSR count). The zero-order chi connectivity index (χ0) is 29.4. The summed E-state index contributed by atoms with van der Waals surface area (Å²) in [7, 11) is -1.95. The monoisotopic (exact) mass is 558 g/mol. The van der Waals surface area contributed by atoms with Crippen molar-refractivity contribution in [3.05, 3.63) is 120 Å². The van der Waals surface area contributed by atoms with Gasteiger partial charge in [0.15, 0.2) is 0 Å². The van der Waals surface area contributed by atoms with Crippen LogP contribution in [0.3, 0.4) is 0 Å². The Hall–Kier alpha value is -4.30. The molecule has 0 heterocycles. The highest BCUT2D eigenvalue weighted by molar-refractivity contribution is 6.90. The van der Waals surface area contributed by atoms with E-state index in [9.17, 15) is 0 Å². The van der Waals surface area contributed by atoms with Crippen molar-refractivity contribution in [1.82, 2.24) is 0 Å². The van der Waals surface area contributed by atoms with E-state index >= 15 is 0 Å². The summed E-state index contributed by atoms with van der Waals surface area (Å²) in [5.74, 6) is 11.0. The first kappa shape index (κ1) is 27.8. The molecule has 0 saturated carbocycles. The zero-order valence-electron chi connectivity index (χ0n) is 25.5. The summed E-state index contributed by atoms with van der Waals surface area (Å²) < 4.78 is 0. The van der Waals surface area contributed by atoms with Crippen molar-refractivity contribution in [3.63, 3.8) is 0 Å². The number of rotatable bonds is 3. The summed E-state index contributed by atoms with van der Waals surface area (Å²) in [6, 6.07) is 37.0. The lowest BCUT2D eigenvalue weighted by Crippen LogP contribution is -2.43. The van der Waals surface area contributed by atoms with Crippen LogP contribution in [-0.2, 0) is 0 Å². The molecule has 42 heavy (non-hydrogen) atoms. The van der Waals surface area contributed by atoms with Gasteiger partial charge in [-0.25, -0.2) is 0 Å². The van der Waals surface area contributed by atoms with Gasteiger partial charge in [-0.15, -0.1) is 5.54 Å². The Morgan fingerprint density at radius 3 is 1.17 bits per heavy atom. The Morgan fingerprint density at radius 2 is 0.786 bits per heavy atom. The van der Waals surface area contributed by atoms with Gasteiger partial charge in [0.05, 0.1) is 0 Å². The van der Waals surface area contributed by atoms with Crippen LogP contribution in [-0.4, -0.2) is 8.07 Å². The Morgan fingerprint density at radius 1 is 0.429 bits per heavy atom. The Balaban J connectivity index is 1.80. The predicted molar refractivity (Wildman–Crippen MR) is 187 cm³/mol. The number of hydrogen-bond donors (Lipinski definition) is 0. The SMILES string of the molecule is CC(C)[Si](C#Cc1c2cc3ccccc3cc2c(C#Cc2ccccc2)c2cc3ccccc3cc12)(C(C)C)C(C)C. The van der Waals surface area contributed by atoms with Gasteiger partial charge < -0.3 is 0 Å². The molecule has 206 valence electrons. The van der Waals surface area contributed by atoms with Crippen molar-refractivity contribution >= 4 is 51.2 Å². The average molecular weight is 559 g/mol. The molecule has 0 aliphatic heterocycles. The molecule has 0 unspecified atom stereocenters. The zero-order valence-corrected chi connectivity index (χ0v) is 26.5. The topological polar surface area (TPSA) is 0 Å². The van der Waals surface area contributed by atoms with Gasteiger partial charge in [0, 0.05) is 16.7 Å². The molecule has 0 fully saturated rings. The van der Waals surface area contributed by atoms with E-state index in [0.29, 0.717) is 16.6 Å². The molecular formula is C41H38Si. The van der Waals surface area contributed by atoms with Crippen LogP contribution in [0.25, 0.3) is 43.1 Å². The second kappa shape index (κ2) is 11.2. The normalized spacial score (nSPS) is 11.8. The first-order valence-electron chi connectivity index (χ1n) is 15.2. The number of hydrogen-bond acceptors (Lipinski definition) is 0. The number of benzene rings is 6. The van der Waals surface area contributed by atoms with Crippen molar-refractivity contribution in [2.45, 2.75) is 58.2 Å². The summed E-state index contributed by atoms with van der Waals surface area (Å²) in [5.41, 5.74) is 9.00. The predicted octanol–water partition coefficient (Wildman–Crippen LogP) is 11.3. The van der Waals surface area contributed by atoms with Gasteiger partial charge in [-0.3, -0.25) is 0 Å². The molecule has 1 heteroatoms. The molecule has 0 aliphatic rings. The van der Waals surface area contributed by atoms with Gasteiger partial charge in [-0.1, -0.05) is 126 Å².